The van der Waals surface area contributed by atoms with Crippen molar-refractivity contribution in [2.24, 2.45) is 0 Å². The molecule has 1 unspecified atom stereocenters. The lowest BCUT2D eigenvalue weighted by atomic mass is 10.2. The number of imidazole rings is 1. The van der Waals surface area contributed by atoms with E-state index in [0.717, 1.165) is 0 Å². The van der Waals surface area contributed by atoms with Gasteiger partial charge in [0.2, 0.25) is 10.0 Å². The standard InChI is InChI=1S/C12H15ClN4O2S/c1-7-5-9(13)10(14)6-11(7)20(18,19)17-8(2)12-15-3-4-16-12/h3-6,8,17H,14H2,1-2H3,(H,15,16). The molecular weight excluding hydrogens is 300 g/mol. The number of nitrogens with one attached hydrogen (secondary N) is 2. The van der Waals surface area contributed by atoms with Crippen molar-refractivity contribution in [1.29, 1.82) is 0 Å². The lowest BCUT2D eigenvalue weighted by molar-refractivity contribution is 0.560. The van der Waals surface area contributed by atoms with Crippen LogP contribution in [0.4, 0.5) is 5.69 Å². The molecular formula is C12H15ClN4O2S. The molecule has 1 heterocycles. The van der Waals surface area contributed by atoms with E-state index in [1.165, 1.54) is 12.1 Å². The van der Waals surface area contributed by atoms with Crippen LogP contribution in [0.3, 0.4) is 0 Å². The summed E-state index contributed by atoms with van der Waals surface area (Å²) in [7, 11) is -3.70. The summed E-state index contributed by atoms with van der Waals surface area (Å²) in [5.74, 6) is 0.535. The average Bonchev–Trinajstić information content (AvgIpc) is 2.86. The van der Waals surface area contributed by atoms with Crippen LogP contribution in [0.1, 0.15) is 24.4 Å². The van der Waals surface area contributed by atoms with Crippen LogP contribution in [0.2, 0.25) is 5.02 Å². The Morgan fingerprint density at radius 2 is 2.15 bits per heavy atom. The minimum atomic E-state index is -3.70. The van der Waals surface area contributed by atoms with Crippen LogP contribution >= 0.6 is 11.6 Å². The summed E-state index contributed by atoms with van der Waals surface area (Å²) >= 11 is 5.87. The zero-order valence-electron chi connectivity index (χ0n) is 11.0. The highest BCUT2D eigenvalue weighted by atomic mass is 35.5. The third kappa shape index (κ3) is 2.95. The van der Waals surface area contributed by atoms with Gasteiger partial charge in [-0.3, -0.25) is 0 Å². The largest absolute Gasteiger partial charge is 0.397 e. The maximum atomic E-state index is 12.4. The second-order valence-corrected chi connectivity index (χ2v) is 6.55. The second kappa shape index (κ2) is 5.43. The SMILES string of the molecule is Cc1cc(Cl)c(N)cc1S(=O)(=O)NC(C)c1ncc[nH]1. The molecule has 0 saturated heterocycles. The molecule has 0 saturated carbocycles. The van der Waals surface area contributed by atoms with Gasteiger partial charge in [0.1, 0.15) is 5.82 Å². The Balaban J connectivity index is 2.34. The number of rotatable bonds is 4. The topological polar surface area (TPSA) is 101 Å². The maximum Gasteiger partial charge on any atom is 0.241 e. The number of nitrogens with zero attached hydrogens (tertiary/aromatic N) is 1. The van der Waals surface area contributed by atoms with Crippen LogP contribution in [-0.4, -0.2) is 18.4 Å². The first-order valence-corrected chi connectivity index (χ1v) is 7.74. The van der Waals surface area contributed by atoms with Gasteiger partial charge in [0, 0.05) is 12.4 Å². The van der Waals surface area contributed by atoms with Gasteiger partial charge in [0.05, 0.1) is 21.6 Å². The van der Waals surface area contributed by atoms with Gasteiger partial charge in [-0.25, -0.2) is 18.1 Å². The molecule has 1 aromatic heterocycles. The fourth-order valence-electron chi connectivity index (χ4n) is 1.82. The summed E-state index contributed by atoms with van der Waals surface area (Å²) < 4.78 is 27.3. The number of aromatic amines is 1. The van der Waals surface area contributed by atoms with Crippen molar-refractivity contribution in [3.63, 3.8) is 0 Å². The number of aromatic nitrogens is 2. The number of nitrogens with two attached hydrogens (primary N) is 1. The molecule has 108 valence electrons. The van der Waals surface area contributed by atoms with Gasteiger partial charge in [-0.1, -0.05) is 11.6 Å². The van der Waals surface area contributed by atoms with Crippen molar-refractivity contribution < 1.29 is 8.42 Å². The number of hydrogen-bond acceptors (Lipinski definition) is 4. The van der Waals surface area contributed by atoms with Crippen LogP contribution in [0, 0.1) is 6.92 Å². The summed E-state index contributed by atoms with van der Waals surface area (Å²) in [6.45, 7) is 3.36. The summed E-state index contributed by atoms with van der Waals surface area (Å²) in [6, 6.07) is 2.41. The van der Waals surface area contributed by atoms with Crippen LogP contribution < -0.4 is 10.5 Å². The molecule has 0 aliphatic heterocycles. The summed E-state index contributed by atoms with van der Waals surface area (Å²) in [6.07, 6.45) is 3.19. The number of benzene rings is 1. The summed E-state index contributed by atoms with van der Waals surface area (Å²) in [5.41, 5.74) is 6.43. The molecule has 4 N–H and O–H groups in total. The van der Waals surface area contributed by atoms with E-state index in [-0.39, 0.29) is 10.6 Å². The minimum Gasteiger partial charge on any atom is -0.397 e. The van der Waals surface area contributed by atoms with Crippen LogP contribution in [0.25, 0.3) is 0 Å². The van der Waals surface area contributed by atoms with Crippen molar-refractivity contribution in [3.05, 3.63) is 40.9 Å². The molecule has 0 aliphatic carbocycles. The monoisotopic (exact) mass is 314 g/mol. The van der Waals surface area contributed by atoms with E-state index in [0.29, 0.717) is 16.4 Å². The lowest BCUT2D eigenvalue weighted by Crippen LogP contribution is -2.28. The van der Waals surface area contributed by atoms with Gasteiger partial charge >= 0.3 is 0 Å². The quantitative estimate of drug-likeness (QED) is 0.751. The van der Waals surface area contributed by atoms with Crippen molar-refractivity contribution in [3.8, 4) is 0 Å². The highest BCUT2D eigenvalue weighted by Gasteiger charge is 2.22. The Kier molecular flexibility index (Phi) is 4.03. The van der Waals surface area contributed by atoms with Gasteiger partial charge in [0.25, 0.3) is 0 Å². The number of anilines is 1. The predicted molar refractivity (Wildman–Crippen MR) is 77.9 cm³/mol. The fourth-order valence-corrected chi connectivity index (χ4v) is 3.51. The van der Waals surface area contributed by atoms with Crippen molar-refractivity contribution in [2.45, 2.75) is 24.8 Å². The highest BCUT2D eigenvalue weighted by molar-refractivity contribution is 7.89. The van der Waals surface area contributed by atoms with E-state index in [1.807, 2.05) is 0 Å². The van der Waals surface area contributed by atoms with E-state index in [1.54, 1.807) is 26.2 Å². The maximum absolute atomic E-state index is 12.4. The molecule has 0 bridgehead atoms. The Labute approximate surface area is 122 Å². The predicted octanol–water partition coefficient (Wildman–Crippen LogP) is 1.99. The van der Waals surface area contributed by atoms with E-state index < -0.39 is 16.1 Å². The van der Waals surface area contributed by atoms with Crippen LogP contribution in [0.5, 0.6) is 0 Å². The van der Waals surface area contributed by atoms with Crippen LogP contribution in [0.15, 0.2) is 29.4 Å². The molecule has 0 fully saturated rings. The molecule has 2 rings (SSSR count). The Hall–Kier alpha value is -1.57. The fraction of sp³-hybridized carbons (Fsp3) is 0.250. The average molecular weight is 315 g/mol. The second-order valence-electron chi connectivity index (χ2n) is 4.46. The number of sulfonamides is 1. The first-order valence-electron chi connectivity index (χ1n) is 5.88. The third-order valence-electron chi connectivity index (χ3n) is 2.85. The van der Waals surface area contributed by atoms with Gasteiger partial charge in [-0.2, -0.15) is 0 Å². The van der Waals surface area contributed by atoms with Gasteiger partial charge in [0.15, 0.2) is 0 Å². The number of nitrogen functional groups attached to an aromatic ring is 1. The number of halogens is 1. The molecule has 0 radical (unpaired) electrons. The highest BCUT2D eigenvalue weighted by Crippen LogP contribution is 2.26. The summed E-state index contributed by atoms with van der Waals surface area (Å²) in [4.78, 5) is 6.99. The molecule has 1 atom stereocenters. The number of H-pyrrole nitrogens is 1. The Morgan fingerprint density at radius 1 is 1.45 bits per heavy atom. The van der Waals surface area contributed by atoms with Crippen molar-refractivity contribution >= 4 is 27.3 Å². The summed E-state index contributed by atoms with van der Waals surface area (Å²) in [5, 5.41) is 0.334. The molecule has 2 aromatic rings. The molecule has 0 amide bonds. The Morgan fingerprint density at radius 3 is 2.75 bits per heavy atom. The zero-order chi connectivity index (χ0) is 14.9. The van der Waals surface area contributed by atoms with E-state index in [4.69, 9.17) is 17.3 Å². The molecule has 1 aromatic carbocycles. The third-order valence-corrected chi connectivity index (χ3v) is 4.86. The van der Waals surface area contributed by atoms with E-state index in [2.05, 4.69) is 14.7 Å². The first-order chi connectivity index (χ1) is 9.31. The molecule has 0 aliphatic rings. The molecule has 0 spiro atoms. The van der Waals surface area contributed by atoms with Crippen molar-refractivity contribution in [1.82, 2.24) is 14.7 Å². The Bertz CT molecular complexity index is 713. The smallest absolute Gasteiger partial charge is 0.241 e. The minimum absolute atomic E-state index is 0.109. The lowest BCUT2D eigenvalue weighted by Gasteiger charge is -2.14. The van der Waals surface area contributed by atoms with Gasteiger partial charge in [-0.05, 0) is 31.5 Å². The molecule has 8 heteroatoms. The normalized spacial score (nSPS) is 13.3. The van der Waals surface area contributed by atoms with E-state index in [9.17, 15) is 8.42 Å². The molecule has 20 heavy (non-hydrogen) atoms. The van der Waals surface area contributed by atoms with Gasteiger partial charge < -0.3 is 10.7 Å². The first kappa shape index (κ1) is 14.8. The number of aryl methyl sites for hydroxylation is 1. The van der Waals surface area contributed by atoms with E-state index >= 15 is 0 Å². The molecule has 6 nitrogen and oxygen atoms in total. The zero-order valence-corrected chi connectivity index (χ0v) is 12.6. The number of hydrogen-bond donors (Lipinski definition) is 3. The van der Waals surface area contributed by atoms with Crippen LogP contribution in [-0.2, 0) is 10.0 Å². The van der Waals surface area contributed by atoms with Crippen molar-refractivity contribution in [2.75, 3.05) is 5.73 Å². The van der Waals surface area contributed by atoms with Gasteiger partial charge in [-0.15, -0.1) is 0 Å².